The maximum Gasteiger partial charge on any atom is 0.323 e. The quantitative estimate of drug-likeness (QED) is 0.893. The van der Waals surface area contributed by atoms with Crippen LogP contribution < -0.4 is 0 Å². The second-order valence-electron chi connectivity index (χ2n) is 4.34. The van der Waals surface area contributed by atoms with Crippen molar-refractivity contribution in [2.75, 3.05) is 18.1 Å². The molecule has 98 valence electrons. The summed E-state index contributed by atoms with van der Waals surface area (Å²) in [7, 11) is 0. The molecule has 0 spiro atoms. The lowest BCUT2D eigenvalue weighted by Gasteiger charge is -2.33. The molecule has 0 aliphatic carbocycles. The SMILES string of the molecule is CC1CSCCN1C(=O)c1cccn1CC(=O)O. The minimum absolute atomic E-state index is 0.0750. The van der Waals surface area contributed by atoms with Gasteiger partial charge < -0.3 is 14.6 Å². The fourth-order valence-corrected chi connectivity index (χ4v) is 3.08. The normalized spacial score (nSPS) is 19.8. The van der Waals surface area contributed by atoms with Gasteiger partial charge in [-0.3, -0.25) is 9.59 Å². The number of thioether (sulfide) groups is 1. The number of rotatable bonds is 3. The van der Waals surface area contributed by atoms with E-state index in [1.54, 1.807) is 18.3 Å². The molecule has 5 nitrogen and oxygen atoms in total. The van der Waals surface area contributed by atoms with E-state index in [9.17, 15) is 9.59 Å². The van der Waals surface area contributed by atoms with Gasteiger partial charge in [0.2, 0.25) is 0 Å². The Bertz CT molecular complexity index is 458. The molecule has 1 aliphatic rings. The summed E-state index contributed by atoms with van der Waals surface area (Å²) in [6.07, 6.45) is 1.63. The first-order chi connectivity index (χ1) is 8.59. The van der Waals surface area contributed by atoms with Crippen LogP contribution in [0.25, 0.3) is 0 Å². The molecule has 1 aliphatic heterocycles. The standard InChI is InChI=1S/C12H16N2O3S/c1-9-8-18-6-5-14(9)12(17)10-3-2-4-13(10)7-11(15)16/h2-4,9H,5-8H2,1H3,(H,15,16). The van der Waals surface area contributed by atoms with Crippen LogP contribution in [0.1, 0.15) is 17.4 Å². The van der Waals surface area contributed by atoms with Crippen molar-refractivity contribution < 1.29 is 14.7 Å². The molecule has 1 saturated heterocycles. The van der Waals surface area contributed by atoms with Gasteiger partial charge in [0, 0.05) is 30.3 Å². The van der Waals surface area contributed by atoms with Crippen LogP contribution in [0.5, 0.6) is 0 Å². The molecule has 1 unspecified atom stereocenters. The molecular weight excluding hydrogens is 252 g/mol. The Kier molecular flexibility index (Phi) is 3.96. The molecule has 1 atom stereocenters. The maximum absolute atomic E-state index is 12.4. The molecule has 1 fully saturated rings. The van der Waals surface area contributed by atoms with Crippen LogP contribution in [0.3, 0.4) is 0 Å². The number of aromatic nitrogens is 1. The third kappa shape index (κ3) is 2.69. The largest absolute Gasteiger partial charge is 0.480 e. The number of hydrogen-bond acceptors (Lipinski definition) is 3. The predicted molar refractivity (Wildman–Crippen MR) is 69.9 cm³/mol. The maximum atomic E-state index is 12.4. The summed E-state index contributed by atoms with van der Waals surface area (Å²) < 4.78 is 1.49. The monoisotopic (exact) mass is 268 g/mol. The summed E-state index contributed by atoms with van der Waals surface area (Å²) in [5, 5.41) is 8.80. The van der Waals surface area contributed by atoms with Gasteiger partial charge in [-0.25, -0.2) is 0 Å². The predicted octanol–water partition coefficient (Wildman–Crippen LogP) is 1.15. The van der Waals surface area contributed by atoms with Crippen LogP contribution in [0.2, 0.25) is 0 Å². The minimum atomic E-state index is -0.942. The molecule has 6 heteroatoms. The van der Waals surface area contributed by atoms with E-state index in [4.69, 9.17) is 5.11 Å². The summed E-state index contributed by atoms with van der Waals surface area (Å²) in [5.74, 6) is 0.859. The van der Waals surface area contributed by atoms with E-state index in [1.165, 1.54) is 4.57 Å². The van der Waals surface area contributed by atoms with Crippen molar-refractivity contribution in [2.24, 2.45) is 0 Å². The Morgan fingerprint density at radius 2 is 2.33 bits per heavy atom. The zero-order chi connectivity index (χ0) is 13.1. The molecule has 1 N–H and O–H groups in total. The number of nitrogens with zero attached hydrogens (tertiary/aromatic N) is 2. The van der Waals surface area contributed by atoms with Gasteiger partial charge in [-0.15, -0.1) is 0 Å². The van der Waals surface area contributed by atoms with Crippen LogP contribution in [0, 0.1) is 0 Å². The van der Waals surface area contributed by atoms with Crippen molar-refractivity contribution in [2.45, 2.75) is 19.5 Å². The molecule has 0 radical (unpaired) electrons. The lowest BCUT2D eigenvalue weighted by atomic mass is 10.2. The van der Waals surface area contributed by atoms with Crippen LogP contribution >= 0.6 is 11.8 Å². The van der Waals surface area contributed by atoms with E-state index < -0.39 is 5.97 Å². The van der Waals surface area contributed by atoms with E-state index in [-0.39, 0.29) is 18.5 Å². The van der Waals surface area contributed by atoms with E-state index in [0.29, 0.717) is 5.69 Å². The molecule has 1 aromatic heterocycles. The molecule has 0 saturated carbocycles. The molecule has 0 bridgehead atoms. The van der Waals surface area contributed by atoms with Gasteiger partial charge in [0.1, 0.15) is 12.2 Å². The summed E-state index contributed by atoms with van der Waals surface area (Å²) in [6, 6.07) is 3.59. The van der Waals surface area contributed by atoms with Crippen molar-refractivity contribution >= 4 is 23.6 Å². The average Bonchev–Trinajstić information content (AvgIpc) is 2.76. The number of aliphatic carboxylic acids is 1. The number of amides is 1. The number of carbonyl (C=O) groups excluding carboxylic acids is 1. The first-order valence-corrected chi connectivity index (χ1v) is 7.00. The third-order valence-electron chi connectivity index (χ3n) is 2.98. The Balaban J connectivity index is 2.17. The Morgan fingerprint density at radius 3 is 3.00 bits per heavy atom. The lowest BCUT2D eigenvalue weighted by Crippen LogP contribution is -2.45. The van der Waals surface area contributed by atoms with E-state index in [1.807, 2.05) is 23.6 Å². The topological polar surface area (TPSA) is 62.5 Å². The van der Waals surface area contributed by atoms with Gasteiger partial charge in [-0.05, 0) is 19.1 Å². The second kappa shape index (κ2) is 5.48. The van der Waals surface area contributed by atoms with E-state index >= 15 is 0 Å². The molecule has 1 amide bonds. The highest BCUT2D eigenvalue weighted by Crippen LogP contribution is 2.19. The molecule has 0 aromatic carbocycles. The van der Waals surface area contributed by atoms with Gasteiger partial charge in [-0.2, -0.15) is 11.8 Å². The summed E-state index contributed by atoms with van der Waals surface area (Å²) in [6.45, 7) is 2.57. The highest BCUT2D eigenvalue weighted by molar-refractivity contribution is 7.99. The number of hydrogen-bond donors (Lipinski definition) is 1. The van der Waals surface area contributed by atoms with Crippen LogP contribution in [0.15, 0.2) is 18.3 Å². The molecular formula is C12H16N2O3S. The third-order valence-corrected chi connectivity index (χ3v) is 4.17. The van der Waals surface area contributed by atoms with E-state index in [0.717, 1.165) is 18.1 Å². The smallest absolute Gasteiger partial charge is 0.323 e. The minimum Gasteiger partial charge on any atom is -0.480 e. The fraction of sp³-hybridized carbons (Fsp3) is 0.500. The van der Waals surface area contributed by atoms with Gasteiger partial charge in [0.25, 0.3) is 5.91 Å². The van der Waals surface area contributed by atoms with Crippen molar-refractivity contribution in [1.29, 1.82) is 0 Å². The van der Waals surface area contributed by atoms with Crippen molar-refractivity contribution in [3.8, 4) is 0 Å². The van der Waals surface area contributed by atoms with Gasteiger partial charge in [0.15, 0.2) is 0 Å². The molecule has 18 heavy (non-hydrogen) atoms. The van der Waals surface area contributed by atoms with Crippen LogP contribution in [-0.2, 0) is 11.3 Å². The van der Waals surface area contributed by atoms with Crippen molar-refractivity contribution in [3.05, 3.63) is 24.0 Å². The first kappa shape index (κ1) is 13.0. The van der Waals surface area contributed by atoms with Crippen LogP contribution in [-0.4, -0.2) is 50.5 Å². The number of carboxylic acids is 1. The summed E-state index contributed by atoms with van der Waals surface area (Å²) in [4.78, 5) is 24.9. The van der Waals surface area contributed by atoms with Gasteiger partial charge >= 0.3 is 5.97 Å². The molecule has 2 heterocycles. The first-order valence-electron chi connectivity index (χ1n) is 5.85. The zero-order valence-electron chi connectivity index (χ0n) is 10.2. The van der Waals surface area contributed by atoms with E-state index in [2.05, 4.69) is 0 Å². The van der Waals surface area contributed by atoms with Crippen molar-refractivity contribution in [1.82, 2.24) is 9.47 Å². The average molecular weight is 268 g/mol. The highest BCUT2D eigenvalue weighted by atomic mass is 32.2. The second-order valence-corrected chi connectivity index (χ2v) is 5.49. The van der Waals surface area contributed by atoms with Gasteiger partial charge in [0.05, 0.1) is 0 Å². The molecule has 2 rings (SSSR count). The highest BCUT2D eigenvalue weighted by Gasteiger charge is 2.26. The van der Waals surface area contributed by atoms with Crippen molar-refractivity contribution in [3.63, 3.8) is 0 Å². The Hall–Kier alpha value is -1.43. The fourth-order valence-electron chi connectivity index (χ4n) is 2.07. The summed E-state index contributed by atoms with van der Waals surface area (Å²) >= 11 is 1.84. The molecule has 1 aromatic rings. The number of carbonyl (C=O) groups is 2. The Labute approximate surface area is 110 Å². The zero-order valence-corrected chi connectivity index (χ0v) is 11.0. The summed E-state index contributed by atoms with van der Waals surface area (Å²) in [5.41, 5.74) is 0.455. The Morgan fingerprint density at radius 1 is 1.56 bits per heavy atom. The van der Waals surface area contributed by atoms with Gasteiger partial charge in [-0.1, -0.05) is 0 Å². The van der Waals surface area contributed by atoms with Crippen LogP contribution in [0.4, 0.5) is 0 Å². The number of carboxylic acid groups (broad SMARTS) is 1. The lowest BCUT2D eigenvalue weighted by molar-refractivity contribution is -0.137.